The van der Waals surface area contributed by atoms with Crippen LogP contribution in [0.5, 0.6) is 0 Å². The van der Waals surface area contributed by atoms with Crippen LogP contribution in [-0.4, -0.2) is 26.7 Å². The van der Waals surface area contributed by atoms with Gasteiger partial charge < -0.3 is 0 Å². The van der Waals surface area contributed by atoms with Crippen LogP contribution < -0.4 is 0 Å². The highest BCUT2D eigenvalue weighted by Crippen LogP contribution is 2.34. The van der Waals surface area contributed by atoms with Crippen LogP contribution in [0.25, 0.3) is 20.8 Å². The first-order chi connectivity index (χ1) is 10.1. The standard InChI is InChI=1S/C13H10FNO3S3/c14-5-6-18-21(16,17)12-7-9(8-19-12)13-15-10-3-1-2-4-11(10)20-13/h1-4,7-8H,5-6H2. The zero-order chi connectivity index (χ0) is 14.9. The molecule has 3 rings (SSSR count). The lowest BCUT2D eigenvalue weighted by Crippen LogP contribution is -2.06. The van der Waals surface area contributed by atoms with Crippen LogP contribution in [0.1, 0.15) is 0 Å². The zero-order valence-electron chi connectivity index (χ0n) is 10.7. The van der Waals surface area contributed by atoms with Crippen molar-refractivity contribution in [3.63, 3.8) is 0 Å². The number of fused-ring (bicyclic) bond motifs is 1. The van der Waals surface area contributed by atoms with E-state index in [0.29, 0.717) is 0 Å². The molecule has 0 radical (unpaired) electrons. The molecule has 0 saturated carbocycles. The van der Waals surface area contributed by atoms with Crippen molar-refractivity contribution in [2.75, 3.05) is 13.3 Å². The molecule has 0 aliphatic carbocycles. The van der Waals surface area contributed by atoms with E-state index < -0.39 is 23.4 Å². The van der Waals surface area contributed by atoms with Crippen molar-refractivity contribution in [3.8, 4) is 10.6 Å². The second-order valence-electron chi connectivity index (χ2n) is 4.11. The van der Waals surface area contributed by atoms with Gasteiger partial charge in [0.2, 0.25) is 0 Å². The van der Waals surface area contributed by atoms with E-state index in [0.717, 1.165) is 32.1 Å². The number of rotatable bonds is 5. The van der Waals surface area contributed by atoms with Crippen LogP contribution >= 0.6 is 22.7 Å². The van der Waals surface area contributed by atoms with Gasteiger partial charge in [0.05, 0.1) is 16.8 Å². The van der Waals surface area contributed by atoms with Gasteiger partial charge in [0, 0.05) is 10.9 Å². The van der Waals surface area contributed by atoms with Crippen LogP contribution in [0.15, 0.2) is 39.9 Å². The van der Waals surface area contributed by atoms with Gasteiger partial charge in [-0.25, -0.2) is 9.37 Å². The molecule has 1 aromatic carbocycles. The molecule has 0 aliphatic rings. The summed E-state index contributed by atoms with van der Waals surface area (Å²) in [6.45, 7) is -1.30. The molecule has 0 fully saturated rings. The molecule has 21 heavy (non-hydrogen) atoms. The molecule has 0 N–H and O–H groups in total. The number of hydrogen-bond donors (Lipinski definition) is 0. The normalized spacial score (nSPS) is 12.0. The van der Waals surface area contributed by atoms with E-state index >= 15 is 0 Å². The Bertz CT molecular complexity index is 837. The van der Waals surface area contributed by atoms with Gasteiger partial charge in [-0.05, 0) is 18.2 Å². The lowest BCUT2D eigenvalue weighted by atomic mass is 10.3. The predicted octanol–water partition coefficient (Wildman–Crippen LogP) is 3.70. The minimum absolute atomic E-state index is 0.0604. The van der Waals surface area contributed by atoms with Gasteiger partial charge in [-0.15, -0.1) is 22.7 Å². The van der Waals surface area contributed by atoms with E-state index in [1.165, 1.54) is 17.4 Å². The number of aromatic nitrogens is 1. The van der Waals surface area contributed by atoms with E-state index in [9.17, 15) is 12.8 Å². The third-order valence-corrected chi connectivity index (χ3v) is 6.47. The number of thiophene rings is 1. The molecule has 0 unspecified atom stereocenters. The number of benzene rings is 1. The van der Waals surface area contributed by atoms with Crippen LogP contribution in [-0.2, 0) is 14.3 Å². The number of halogens is 1. The van der Waals surface area contributed by atoms with Gasteiger partial charge in [-0.2, -0.15) is 8.42 Å². The summed E-state index contributed by atoms with van der Waals surface area (Å²) >= 11 is 2.54. The summed E-state index contributed by atoms with van der Waals surface area (Å²) in [4.78, 5) is 4.47. The van der Waals surface area contributed by atoms with Gasteiger partial charge in [0.25, 0.3) is 0 Å². The minimum Gasteiger partial charge on any atom is -0.263 e. The molecule has 0 amide bonds. The SMILES string of the molecule is O=S(=O)(OCCF)c1cc(-c2nc3ccccc3s2)cs1. The lowest BCUT2D eigenvalue weighted by Gasteiger charge is -1.99. The van der Waals surface area contributed by atoms with Crippen molar-refractivity contribution >= 4 is 43.0 Å². The van der Waals surface area contributed by atoms with Crippen LogP contribution in [0.3, 0.4) is 0 Å². The molecule has 2 heterocycles. The second-order valence-corrected chi connectivity index (χ2v) is 7.89. The Labute approximate surface area is 129 Å². The quantitative estimate of drug-likeness (QED) is 0.663. The summed E-state index contributed by atoms with van der Waals surface area (Å²) in [5.41, 5.74) is 1.60. The maximum absolute atomic E-state index is 12.0. The molecule has 0 aliphatic heterocycles. The number of para-hydroxylation sites is 1. The van der Waals surface area contributed by atoms with Crippen molar-refractivity contribution in [1.29, 1.82) is 0 Å². The fourth-order valence-corrected chi connectivity index (χ4v) is 4.83. The molecule has 0 saturated heterocycles. The Kier molecular flexibility index (Phi) is 4.03. The van der Waals surface area contributed by atoms with Crippen LogP contribution in [0.2, 0.25) is 0 Å². The van der Waals surface area contributed by atoms with E-state index in [4.69, 9.17) is 0 Å². The van der Waals surface area contributed by atoms with Crippen molar-refractivity contribution in [2.24, 2.45) is 0 Å². The third-order valence-electron chi connectivity index (χ3n) is 2.68. The summed E-state index contributed by atoms with van der Waals surface area (Å²) in [5.74, 6) is 0. The molecular weight excluding hydrogens is 333 g/mol. The number of alkyl halides is 1. The van der Waals surface area contributed by atoms with Gasteiger partial charge in [0.15, 0.2) is 0 Å². The van der Waals surface area contributed by atoms with E-state index in [2.05, 4.69) is 9.17 Å². The maximum Gasteiger partial charge on any atom is 0.306 e. The largest absolute Gasteiger partial charge is 0.306 e. The summed E-state index contributed by atoms with van der Waals surface area (Å²) in [7, 11) is -3.88. The first-order valence-electron chi connectivity index (χ1n) is 6.00. The Morgan fingerprint density at radius 2 is 2.10 bits per heavy atom. The fraction of sp³-hybridized carbons (Fsp3) is 0.154. The van der Waals surface area contributed by atoms with E-state index in [1.807, 2.05) is 24.3 Å². The molecule has 0 spiro atoms. The third kappa shape index (κ3) is 2.98. The van der Waals surface area contributed by atoms with Crippen molar-refractivity contribution in [3.05, 3.63) is 35.7 Å². The van der Waals surface area contributed by atoms with Crippen molar-refractivity contribution in [1.82, 2.24) is 4.98 Å². The molecule has 2 aromatic heterocycles. The molecule has 0 bridgehead atoms. The second kappa shape index (κ2) is 5.80. The Morgan fingerprint density at radius 3 is 2.86 bits per heavy atom. The zero-order valence-corrected chi connectivity index (χ0v) is 13.1. The van der Waals surface area contributed by atoms with Gasteiger partial charge in [-0.1, -0.05) is 12.1 Å². The summed E-state index contributed by atoms with van der Waals surface area (Å²) in [6.07, 6.45) is 0. The van der Waals surface area contributed by atoms with Crippen molar-refractivity contribution < 1.29 is 17.0 Å². The first kappa shape index (κ1) is 14.6. The summed E-state index contributed by atoms with van der Waals surface area (Å²) in [5, 5.41) is 2.46. The monoisotopic (exact) mass is 343 g/mol. The highest BCUT2D eigenvalue weighted by Gasteiger charge is 2.19. The fourth-order valence-electron chi connectivity index (χ4n) is 1.75. The molecule has 0 atom stereocenters. The summed E-state index contributed by atoms with van der Waals surface area (Å²) in [6, 6.07) is 9.21. The Hall–Kier alpha value is -1.35. The Balaban J connectivity index is 1.94. The molecule has 3 aromatic rings. The van der Waals surface area contributed by atoms with Crippen LogP contribution in [0.4, 0.5) is 4.39 Å². The van der Waals surface area contributed by atoms with Gasteiger partial charge >= 0.3 is 10.1 Å². The summed E-state index contributed by atoms with van der Waals surface area (Å²) < 4.78 is 41.3. The smallest absolute Gasteiger partial charge is 0.263 e. The minimum atomic E-state index is -3.88. The number of thiazole rings is 1. The molecule has 4 nitrogen and oxygen atoms in total. The average molecular weight is 343 g/mol. The van der Waals surface area contributed by atoms with Crippen LogP contribution in [0, 0.1) is 0 Å². The number of hydrogen-bond acceptors (Lipinski definition) is 6. The highest BCUT2D eigenvalue weighted by molar-refractivity contribution is 7.89. The molecular formula is C13H10FNO3S3. The highest BCUT2D eigenvalue weighted by atomic mass is 32.3. The topological polar surface area (TPSA) is 56.3 Å². The first-order valence-corrected chi connectivity index (χ1v) is 9.10. The average Bonchev–Trinajstić information content (AvgIpc) is 3.11. The van der Waals surface area contributed by atoms with E-state index in [1.54, 1.807) is 5.38 Å². The van der Waals surface area contributed by atoms with Gasteiger partial charge in [-0.3, -0.25) is 4.18 Å². The molecule has 110 valence electrons. The maximum atomic E-state index is 12.0. The molecule has 8 heteroatoms. The van der Waals surface area contributed by atoms with Gasteiger partial charge in [0.1, 0.15) is 15.9 Å². The van der Waals surface area contributed by atoms with E-state index in [-0.39, 0.29) is 4.21 Å². The predicted molar refractivity (Wildman–Crippen MR) is 82.0 cm³/mol. The Morgan fingerprint density at radius 1 is 1.29 bits per heavy atom. The lowest BCUT2D eigenvalue weighted by molar-refractivity contribution is 0.277. The van der Waals surface area contributed by atoms with Crippen molar-refractivity contribution in [2.45, 2.75) is 4.21 Å². The number of nitrogens with zero attached hydrogens (tertiary/aromatic N) is 1.